The van der Waals surface area contributed by atoms with Crippen LogP contribution in [0.2, 0.25) is 0 Å². The van der Waals surface area contributed by atoms with Crippen LogP contribution in [-0.4, -0.2) is 29.1 Å². The standard InChI is InChI=1S/C25H21N3O6S/c1-14-10-20(21(29)11-15(14)2)27-28-23-22(35(32,33)34)13-17-12-18(8-9-19(17)24(23)30)26-25(31)16-6-4-3-5-7-16/h3-13,29-30H,1-2H3,(H,26,31)(H,32,33,34). The molecule has 0 saturated heterocycles. The van der Waals surface area contributed by atoms with Crippen LogP contribution in [0.25, 0.3) is 10.8 Å². The maximum absolute atomic E-state index is 12.4. The van der Waals surface area contributed by atoms with Crippen LogP contribution in [0.5, 0.6) is 11.5 Å². The van der Waals surface area contributed by atoms with Crippen LogP contribution in [0.3, 0.4) is 0 Å². The molecule has 0 aliphatic heterocycles. The molecule has 0 spiro atoms. The van der Waals surface area contributed by atoms with E-state index in [1.54, 1.807) is 50.2 Å². The summed E-state index contributed by atoms with van der Waals surface area (Å²) in [6, 6.07) is 17.1. The number of carbonyl (C=O) groups is 1. The molecular weight excluding hydrogens is 470 g/mol. The van der Waals surface area contributed by atoms with E-state index in [0.29, 0.717) is 11.3 Å². The van der Waals surface area contributed by atoms with Gasteiger partial charge in [-0.1, -0.05) is 18.2 Å². The van der Waals surface area contributed by atoms with Gasteiger partial charge < -0.3 is 15.5 Å². The van der Waals surface area contributed by atoms with Gasteiger partial charge in [-0.15, -0.1) is 10.2 Å². The molecule has 0 bridgehead atoms. The number of azo groups is 1. The van der Waals surface area contributed by atoms with Gasteiger partial charge in [0.15, 0.2) is 5.75 Å². The quantitative estimate of drug-likeness (QED) is 0.205. The summed E-state index contributed by atoms with van der Waals surface area (Å²) in [5.41, 5.74) is 2.00. The van der Waals surface area contributed by atoms with Crippen LogP contribution in [0.1, 0.15) is 21.5 Å². The Morgan fingerprint density at radius 3 is 2.26 bits per heavy atom. The Labute approximate surface area is 201 Å². The van der Waals surface area contributed by atoms with Gasteiger partial charge in [-0.25, -0.2) is 0 Å². The first kappa shape index (κ1) is 23.9. The van der Waals surface area contributed by atoms with Crippen molar-refractivity contribution in [2.24, 2.45) is 10.2 Å². The lowest BCUT2D eigenvalue weighted by atomic mass is 10.1. The summed E-state index contributed by atoms with van der Waals surface area (Å²) in [7, 11) is -4.82. The van der Waals surface area contributed by atoms with E-state index in [1.807, 2.05) is 0 Å². The molecule has 0 radical (unpaired) electrons. The average molecular weight is 492 g/mol. The van der Waals surface area contributed by atoms with Crippen molar-refractivity contribution in [1.82, 2.24) is 0 Å². The second-order valence-corrected chi connectivity index (χ2v) is 9.32. The third-order valence-electron chi connectivity index (χ3n) is 5.47. The van der Waals surface area contributed by atoms with Crippen LogP contribution in [0.15, 0.2) is 81.9 Å². The molecular formula is C25H21N3O6S. The zero-order chi connectivity index (χ0) is 25.3. The van der Waals surface area contributed by atoms with Crippen LogP contribution >= 0.6 is 0 Å². The minimum atomic E-state index is -4.82. The van der Waals surface area contributed by atoms with Gasteiger partial charge in [-0.2, -0.15) is 8.42 Å². The van der Waals surface area contributed by atoms with E-state index in [1.165, 1.54) is 24.3 Å². The van der Waals surface area contributed by atoms with Gasteiger partial charge >= 0.3 is 0 Å². The summed E-state index contributed by atoms with van der Waals surface area (Å²) in [4.78, 5) is 11.8. The van der Waals surface area contributed by atoms with Gasteiger partial charge in [0, 0.05) is 16.6 Å². The maximum atomic E-state index is 12.4. The Morgan fingerprint density at radius 2 is 1.57 bits per heavy atom. The lowest BCUT2D eigenvalue weighted by molar-refractivity contribution is 0.102. The molecule has 10 heteroatoms. The highest BCUT2D eigenvalue weighted by atomic mass is 32.2. The number of nitrogens with zero attached hydrogens (tertiary/aromatic N) is 2. The molecule has 0 saturated carbocycles. The molecule has 0 aromatic heterocycles. The number of hydrogen-bond acceptors (Lipinski definition) is 7. The third kappa shape index (κ3) is 4.98. The molecule has 9 nitrogen and oxygen atoms in total. The van der Waals surface area contributed by atoms with E-state index >= 15 is 0 Å². The monoisotopic (exact) mass is 491 g/mol. The Balaban J connectivity index is 1.79. The molecule has 35 heavy (non-hydrogen) atoms. The number of anilines is 1. The van der Waals surface area contributed by atoms with Crippen LogP contribution in [0.4, 0.5) is 17.1 Å². The van der Waals surface area contributed by atoms with Gasteiger partial charge in [-0.3, -0.25) is 9.35 Å². The van der Waals surface area contributed by atoms with Crippen molar-refractivity contribution in [1.29, 1.82) is 0 Å². The van der Waals surface area contributed by atoms with Crippen LogP contribution < -0.4 is 5.32 Å². The van der Waals surface area contributed by atoms with E-state index in [-0.39, 0.29) is 28.1 Å². The number of phenolic OH excluding ortho intramolecular Hbond substituents is 2. The molecule has 0 unspecified atom stereocenters. The van der Waals surface area contributed by atoms with Gasteiger partial charge in [0.25, 0.3) is 16.0 Å². The fourth-order valence-electron chi connectivity index (χ4n) is 3.49. The number of aromatic hydroxyl groups is 2. The zero-order valence-electron chi connectivity index (χ0n) is 18.7. The van der Waals surface area contributed by atoms with Crippen molar-refractivity contribution >= 4 is 43.9 Å². The zero-order valence-corrected chi connectivity index (χ0v) is 19.5. The van der Waals surface area contributed by atoms with Crippen LogP contribution in [0, 0.1) is 13.8 Å². The molecule has 178 valence electrons. The van der Waals surface area contributed by atoms with E-state index in [9.17, 15) is 28.0 Å². The normalized spacial score (nSPS) is 11.7. The van der Waals surface area contributed by atoms with Gasteiger partial charge in [0.2, 0.25) is 0 Å². The van der Waals surface area contributed by atoms with Crippen molar-refractivity contribution in [3.63, 3.8) is 0 Å². The first-order chi connectivity index (χ1) is 16.5. The Morgan fingerprint density at radius 1 is 0.886 bits per heavy atom. The lowest BCUT2D eigenvalue weighted by Gasteiger charge is -2.11. The summed E-state index contributed by atoms with van der Waals surface area (Å²) in [6.45, 7) is 3.61. The van der Waals surface area contributed by atoms with Crippen molar-refractivity contribution in [3.8, 4) is 11.5 Å². The summed E-state index contributed by atoms with van der Waals surface area (Å²) in [5, 5.41) is 31.8. The van der Waals surface area contributed by atoms with Gasteiger partial charge in [0.05, 0.1) is 0 Å². The Hall–Kier alpha value is -4.28. The average Bonchev–Trinajstić information content (AvgIpc) is 2.81. The van der Waals surface area contributed by atoms with Crippen molar-refractivity contribution in [2.75, 3.05) is 5.32 Å². The fourth-order valence-corrected chi connectivity index (χ4v) is 4.14. The first-order valence-electron chi connectivity index (χ1n) is 10.4. The summed E-state index contributed by atoms with van der Waals surface area (Å²) in [6.07, 6.45) is 0. The summed E-state index contributed by atoms with van der Waals surface area (Å²) < 4.78 is 34.0. The number of benzene rings is 4. The number of aryl methyl sites for hydroxylation is 2. The highest BCUT2D eigenvalue weighted by Crippen LogP contribution is 2.42. The van der Waals surface area contributed by atoms with E-state index in [4.69, 9.17) is 0 Å². The topological polar surface area (TPSA) is 149 Å². The smallest absolute Gasteiger partial charge is 0.296 e. The maximum Gasteiger partial charge on any atom is 0.296 e. The van der Waals surface area contributed by atoms with E-state index in [0.717, 1.165) is 17.2 Å². The molecule has 1 amide bonds. The largest absolute Gasteiger partial charge is 0.506 e. The van der Waals surface area contributed by atoms with Crippen molar-refractivity contribution in [3.05, 3.63) is 83.4 Å². The number of phenols is 2. The highest BCUT2D eigenvalue weighted by molar-refractivity contribution is 7.86. The van der Waals surface area contributed by atoms with E-state index in [2.05, 4.69) is 15.5 Å². The predicted molar refractivity (Wildman–Crippen MR) is 132 cm³/mol. The Bertz CT molecular complexity index is 1600. The molecule has 0 aliphatic carbocycles. The summed E-state index contributed by atoms with van der Waals surface area (Å²) in [5.74, 6) is -1.09. The van der Waals surface area contributed by atoms with E-state index < -0.39 is 26.5 Å². The lowest BCUT2D eigenvalue weighted by Crippen LogP contribution is -2.11. The minimum Gasteiger partial charge on any atom is -0.506 e. The number of fused-ring (bicyclic) bond motifs is 1. The SMILES string of the molecule is Cc1cc(O)c(N=Nc2c(S(=O)(=O)O)cc3cc(NC(=O)c4ccccc4)ccc3c2O)cc1C. The summed E-state index contributed by atoms with van der Waals surface area (Å²) >= 11 is 0. The highest BCUT2D eigenvalue weighted by Gasteiger charge is 2.22. The fraction of sp³-hybridized carbons (Fsp3) is 0.0800. The molecule has 4 aromatic carbocycles. The van der Waals surface area contributed by atoms with Gasteiger partial charge in [-0.05, 0) is 78.9 Å². The number of amides is 1. The number of hydrogen-bond donors (Lipinski definition) is 4. The molecule has 0 heterocycles. The Kier molecular flexibility index (Phi) is 6.25. The molecule has 4 rings (SSSR count). The van der Waals surface area contributed by atoms with Gasteiger partial charge in [0.1, 0.15) is 22.0 Å². The van der Waals surface area contributed by atoms with Crippen molar-refractivity contribution < 1.29 is 28.0 Å². The molecule has 0 atom stereocenters. The molecule has 0 fully saturated rings. The number of carbonyl (C=O) groups excluding carboxylic acids is 1. The second-order valence-electron chi connectivity index (χ2n) is 7.93. The number of rotatable bonds is 5. The van der Waals surface area contributed by atoms with Crippen LogP contribution in [-0.2, 0) is 10.1 Å². The number of nitrogens with one attached hydrogen (secondary N) is 1. The first-order valence-corrected chi connectivity index (χ1v) is 11.8. The molecule has 0 aliphatic rings. The second kappa shape index (κ2) is 9.16. The predicted octanol–water partition coefficient (Wildman–Crippen LogP) is 5.78. The third-order valence-corrected chi connectivity index (χ3v) is 6.34. The van der Waals surface area contributed by atoms with Crippen molar-refractivity contribution in [2.45, 2.75) is 18.7 Å². The minimum absolute atomic E-state index is 0.0628. The molecule has 4 N–H and O–H groups in total. The molecule has 4 aromatic rings.